The van der Waals surface area contributed by atoms with Gasteiger partial charge in [0.15, 0.2) is 5.82 Å². The van der Waals surface area contributed by atoms with Gasteiger partial charge in [-0.25, -0.2) is 24.1 Å². The topological polar surface area (TPSA) is 89.5 Å². The number of aromatic nitrogens is 3. The summed E-state index contributed by atoms with van der Waals surface area (Å²) in [6.07, 6.45) is 2.26. The average molecular weight is 608 g/mol. The van der Waals surface area contributed by atoms with Crippen molar-refractivity contribution < 1.29 is 18.7 Å². The predicted molar refractivity (Wildman–Crippen MR) is 152 cm³/mol. The number of thiazole rings is 1. The zero-order chi connectivity index (χ0) is 26.8. The van der Waals surface area contributed by atoms with E-state index in [1.807, 2.05) is 42.5 Å². The molecule has 1 aliphatic heterocycles. The molecule has 0 bridgehead atoms. The lowest BCUT2D eigenvalue weighted by Crippen LogP contribution is -2.42. The fourth-order valence-electron chi connectivity index (χ4n) is 4.57. The highest BCUT2D eigenvalue weighted by atomic mass is 79.9. The van der Waals surface area contributed by atoms with Crippen LogP contribution in [0.5, 0.6) is 5.75 Å². The van der Waals surface area contributed by atoms with Crippen molar-refractivity contribution in [3.05, 3.63) is 82.3 Å². The Balaban J connectivity index is 1.18. The van der Waals surface area contributed by atoms with E-state index in [0.29, 0.717) is 64.3 Å². The van der Waals surface area contributed by atoms with Crippen LogP contribution in [0.4, 0.5) is 20.7 Å². The molecule has 1 aliphatic rings. The first-order chi connectivity index (χ1) is 19.0. The summed E-state index contributed by atoms with van der Waals surface area (Å²) in [5, 5.41) is 3.78. The van der Waals surface area contributed by atoms with E-state index in [9.17, 15) is 4.79 Å². The van der Waals surface area contributed by atoms with E-state index in [2.05, 4.69) is 36.2 Å². The zero-order valence-corrected chi connectivity index (χ0v) is 23.0. The number of halogens is 2. The number of hydrogen-bond acceptors (Lipinski definition) is 8. The molecule has 3 aromatic carbocycles. The summed E-state index contributed by atoms with van der Waals surface area (Å²) in [6.45, 7) is 1.28. The molecule has 11 heteroatoms. The van der Waals surface area contributed by atoms with E-state index in [1.165, 1.54) is 17.7 Å². The van der Waals surface area contributed by atoms with Crippen molar-refractivity contribution in [1.82, 2.24) is 19.9 Å². The maximum atomic E-state index is 15.2. The number of anilines is 2. The molecule has 5 aromatic rings. The van der Waals surface area contributed by atoms with E-state index < -0.39 is 0 Å². The quantitative estimate of drug-likeness (QED) is 0.221. The van der Waals surface area contributed by atoms with E-state index in [4.69, 9.17) is 9.47 Å². The molecule has 1 fully saturated rings. The number of nitrogens with one attached hydrogen (secondary N) is 1. The van der Waals surface area contributed by atoms with Crippen molar-refractivity contribution >= 4 is 66.0 Å². The molecular formula is C28H23BrFN5O3S. The second kappa shape index (κ2) is 11.1. The van der Waals surface area contributed by atoms with Crippen molar-refractivity contribution in [3.63, 3.8) is 0 Å². The van der Waals surface area contributed by atoms with Gasteiger partial charge in [-0.05, 0) is 29.8 Å². The minimum atomic E-state index is -0.382. The third kappa shape index (κ3) is 5.50. The van der Waals surface area contributed by atoms with Gasteiger partial charge in [0.2, 0.25) is 0 Å². The maximum Gasteiger partial charge on any atom is 0.410 e. The van der Waals surface area contributed by atoms with E-state index >= 15 is 4.39 Å². The zero-order valence-electron chi connectivity index (χ0n) is 20.6. The summed E-state index contributed by atoms with van der Waals surface area (Å²) in [4.78, 5) is 27.3. The molecule has 0 radical (unpaired) electrons. The number of ether oxygens (including phenoxy) is 2. The summed E-state index contributed by atoms with van der Waals surface area (Å²) >= 11 is 4.79. The second-order valence-corrected chi connectivity index (χ2v) is 10.9. The van der Waals surface area contributed by atoms with Crippen LogP contribution < -0.4 is 10.1 Å². The Kier molecular flexibility index (Phi) is 7.25. The van der Waals surface area contributed by atoms with Gasteiger partial charge < -0.3 is 19.7 Å². The second-order valence-electron chi connectivity index (χ2n) is 9.12. The molecule has 1 amide bonds. The molecule has 0 saturated carbocycles. The Morgan fingerprint density at radius 2 is 1.90 bits per heavy atom. The molecule has 6 rings (SSSR count). The number of nitrogens with zero attached hydrogens (tertiary/aromatic N) is 4. The molecule has 198 valence electrons. The van der Waals surface area contributed by atoms with Crippen LogP contribution in [-0.2, 0) is 11.3 Å². The number of rotatable bonds is 6. The fraction of sp³-hybridized carbons (Fsp3) is 0.214. The molecule has 3 heterocycles. The molecule has 0 atom stereocenters. The first-order valence-electron chi connectivity index (χ1n) is 12.4. The van der Waals surface area contributed by atoms with Gasteiger partial charge in [0, 0.05) is 30.4 Å². The van der Waals surface area contributed by atoms with Gasteiger partial charge >= 0.3 is 6.09 Å². The maximum absolute atomic E-state index is 15.2. The van der Waals surface area contributed by atoms with E-state index in [-0.39, 0.29) is 24.6 Å². The Morgan fingerprint density at radius 1 is 1.08 bits per heavy atom. The van der Waals surface area contributed by atoms with E-state index in [1.54, 1.807) is 22.5 Å². The number of carbonyl (C=O) groups excluding carboxylic acids is 1. The van der Waals surface area contributed by atoms with Crippen LogP contribution in [0.3, 0.4) is 0 Å². The van der Waals surface area contributed by atoms with Crippen LogP contribution in [0.2, 0.25) is 0 Å². The van der Waals surface area contributed by atoms with Crippen LogP contribution in [0.25, 0.3) is 21.1 Å². The smallest absolute Gasteiger partial charge is 0.410 e. The minimum absolute atomic E-state index is 0.126. The summed E-state index contributed by atoms with van der Waals surface area (Å²) in [6, 6.07) is 16.8. The number of hydrogen-bond donors (Lipinski definition) is 1. The van der Waals surface area contributed by atoms with Crippen molar-refractivity contribution in [3.8, 4) is 5.75 Å². The van der Waals surface area contributed by atoms with Crippen molar-refractivity contribution in [1.29, 1.82) is 0 Å². The van der Waals surface area contributed by atoms with Gasteiger partial charge in [0.1, 0.15) is 30.6 Å². The number of carbonyl (C=O) groups is 1. The summed E-state index contributed by atoms with van der Waals surface area (Å²) in [5.41, 5.74) is 4.12. The number of benzene rings is 3. The predicted octanol–water partition coefficient (Wildman–Crippen LogP) is 7.06. The molecule has 2 aromatic heterocycles. The Bertz CT molecular complexity index is 1640. The highest BCUT2D eigenvalue weighted by Crippen LogP contribution is 2.37. The van der Waals surface area contributed by atoms with Crippen LogP contribution in [-0.4, -0.2) is 45.1 Å². The monoisotopic (exact) mass is 607 g/mol. The van der Waals surface area contributed by atoms with Crippen LogP contribution in [0.1, 0.15) is 18.4 Å². The molecule has 8 nitrogen and oxygen atoms in total. The molecule has 39 heavy (non-hydrogen) atoms. The molecule has 1 saturated heterocycles. The van der Waals surface area contributed by atoms with Gasteiger partial charge in [-0.1, -0.05) is 46.3 Å². The third-order valence-electron chi connectivity index (χ3n) is 6.56. The van der Waals surface area contributed by atoms with Crippen LogP contribution in [0.15, 0.2) is 70.9 Å². The number of fused-ring (bicyclic) bond motifs is 2. The van der Waals surface area contributed by atoms with Gasteiger partial charge in [-0.3, -0.25) is 0 Å². The van der Waals surface area contributed by atoms with Crippen LogP contribution in [0, 0.1) is 5.82 Å². The van der Waals surface area contributed by atoms with Crippen LogP contribution >= 0.6 is 27.3 Å². The van der Waals surface area contributed by atoms with E-state index in [0.717, 1.165) is 10.0 Å². The lowest BCUT2D eigenvalue weighted by Gasteiger charge is -2.31. The van der Waals surface area contributed by atoms with Crippen molar-refractivity contribution in [2.45, 2.75) is 25.6 Å². The first kappa shape index (κ1) is 25.4. The number of likely N-dealkylation sites (tertiary alicyclic amines) is 1. The van der Waals surface area contributed by atoms with Crippen molar-refractivity contribution in [2.75, 3.05) is 18.4 Å². The van der Waals surface area contributed by atoms with Crippen molar-refractivity contribution in [2.24, 2.45) is 0 Å². The fourth-order valence-corrected chi connectivity index (χ4v) is 5.73. The van der Waals surface area contributed by atoms with Gasteiger partial charge in [-0.15, -0.1) is 11.3 Å². The largest absolute Gasteiger partial charge is 0.489 e. The van der Waals surface area contributed by atoms with Gasteiger partial charge in [0.25, 0.3) is 0 Å². The highest BCUT2D eigenvalue weighted by molar-refractivity contribution is 9.10. The third-order valence-corrected chi connectivity index (χ3v) is 7.85. The SMILES string of the molecule is O=C(OCc1ccccc1)N1CCC(Oc2cc(Br)cc3ncnc(Nc4ccc5ncsc5c4F)c23)CC1. The lowest BCUT2D eigenvalue weighted by molar-refractivity contribution is 0.0642. The Morgan fingerprint density at radius 3 is 2.72 bits per heavy atom. The number of piperidine rings is 1. The van der Waals surface area contributed by atoms with Gasteiger partial charge in [-0.2, -0.15) is 0 Å². The molecule has 0 spiro atoms. The minimum Gasteiger partial charge on any atom is -0.489 e. The summed E-state index contributed by atoms with van der Waals surface area (Å²) < 4.78 is 28.4. The summed E-state index contributed by atoms with van der Waals surface area (Å²) in [5.74, 6) is 0.631. The molecule has 0 aliphatic carbocycles. The normalized spacial score (nSPS) is 14.1. The average Bonchev–Trinajstić information content (AvgIpc) is 3.44. The summed E-state index contributed by atoms with van der Waals surface area (Å²) in [7, 11) is 0. The first-order valence-corrected chi connectivity index (χ1v) is 14.1. The molecule has 0 unspecified atom stereocenters. The lowest BCUT2D eigenvalue weighted by atomic mass is 10.1. The Hall–Kier alpha value is -3.83. The van der Waals surface area contributed by atoms with Gasteiger partial charge in [0.05, 0.1) is 32.3 Å². The highest BCUT2D eigenvalue weighted by Gasteiger charge is 2.26. The Labute approximate surface area is 235 Å². The molecular weight excluding hydrogens is 585 g/mol. The number of amides is 1. The molecule has 1 N–H and O–H groups in total. The standard InChI is InChI=1S/C28H23BrFN5O3S/c29-18-12-22-24(27(32-15-31-22)34-20-6-7-21-26(25(20)30)39-16-33-21)23(13-18)38-19-8-10-35(11-9-19)28(36)37-14-17-4-2-1-3-5-17/h1-7,12-13,15-16,19H,8-11,14H2,(H,31,32,34).